The van der Waals surface area contributed by atoms with Gasteiger partial charge in [-0.15, -0.1) is 0 Å². The normalized spacial score (nSPS) is 24.9. The van der Waals surface area contributed by atoms with Crippen molar-refractivity contribution in [2.45, 2.75) is 38.1 Å². The largest absolute Gasteiger partial charge is 0.396 e. The summed E-state index contributed by atoms with van der Waals surface area (Å²) < 4.78 is 40.7. The molecule has 2 N–H and O–H groups in total. The number of benzene rings is 1. The molecule has 0 saturated carbocycles. The van der Waals surface area contributed by atoms with Crippen molar-refractivity contribution in [1.29, 1.82) is 0 Å². The number of carbonyl (C=O) groups is 1. The second-order valence-corrected chi connectivity index (χ2v) is 8.34. The summed E-state index contributed by atoms with van der Waals surface area (Å²) in [5.74, 6) is -1.63. The molecule has 2 aliphatic rings. The van der Waals surface area contributed by atoms with Gasteiger partial charge in [-0.3, -0.25) is 14.5 Å². The standard InChI is InChI=1S/C23H26F3N3O3/c1-2-27-21(31)19-16(13-30)18-12-29-17(20(19)28(18)11-10-23(24,25)26)9-8-15(22(29)32)14-6-4-3-5-7-14/h3-9,16,18-20,30H,2,10-13H2,1H3,(H,27,31)/t16-,18-,19+,20+/m0/s1. The highest BCUT2D eigenvalue weighted by molar-refractivity contribution is 5.80. The Labute approximate surface area is 183 Å². The molecular formula is C23H26F3N3O3. The molecule has 1 fully saturated rings. The summed E-state index contributed by atoms with van der Waals surface area (Å²) in [7, 11) is 0. The molecule has 1 aromatic carbocycles. The fourth-order valence-corrected chi connectivity index (χ4v) is 5.22. The Morgan fingerprint density at radius 3 is 2.53 bits per heavy atom. The lowest BCUT2D eigenvalue weighted by atomic mass is 9.86. The average Bonchev–Trinajstić information content (AvgIpc) is 2.98. The number of aromatic nitrogens is 1. The van der Waals surface area contributed by atoms with Crippen LogP contribution in [0.4, 0.5) is 13.2 Å². The van der Waals surface area contributed by atoms with Crippen LogP contribution in [0.5, 0.6) is 0 Å². The smallest absolute Gasteiger partial charge is 0.390 e. The van der Waals surface area contributed by atoms with Crippen LogP contribution in [0, 0.1) is 11.8 Å². The van der Waals surface area contributed by atoms with Gasteiger partial charge in [-0.25, -0.2) is 0 Å². The average molecular weight is 449 g/mol. The lowest BCUT2D eigenvalue weighted by Crippen LogP contribution is -2.47. The summed E-state index contributed by atoms with van der Waals surface area (Å²) in [6.45, 7) is 1.62. The van der Waals surface area contributed by atoms with Gasteiger partial charge in [0.1, 0.15) is 0 Å². The second-order valence-electron chi connectivity index (χ2n) is 8.34. The van der Waals surface area contributed by atoms with E-state index >= 15 is 0 Å². The molecule has 1 aromatic heterocycles. The molecular weight excluding hydrogens is 423 g/mol. The van der Waals surface area contributed by atoms with Crippen molar-refractivity contribution < 1.29 is 23.1 Å². The first kappa shape index (κ1) is 22.5. The third-order valence-electron chi connectivity index (χ3n) is 6.56. The quantitative estimate of drug-likeness (QED) is 0.711. The zero-order chi connectivity index (χ0) is 23.0. The van der Waals surface area contributed by atoms with Crippen LogP contribution in [0.2, 0.25) is 0 Å². The monoisotopic (exact) mass is 449 g/mol. The molecule has 1 amide bonds. The van der Waals surface area contributed by atoms with Gasteiger partial charge in [-0.1, -0.05) is 30.3 Å². The van der Waals surface area contributed by atoms with Gasteiger partial charge in [-0.05, 0) is 24.6 Å². The van der Waals surface area contributed by atoms with Crippen molar-refractivity contribution in [2.24, 2.45) is 11.8 Å². The fourth-order valence-electron chi connectivity index (χ4n) is 5.22. The molecule has 0 aliphatic carbocycles. The zero-order valence-corrected chi connectivity index (χ0v) is 17.7. The topological polar surface area (TPSA) is 74.6 Å². The number of alkyl halides is 3. The van der Waals surface area contributed by atoms with E-state index in [2.05, 4.69) is 5.32 Å². The highest BCUT2D eigenvalue weighted by atomic mass is 19.4. The first-order chi connectivity index (χ1) is 15.3. The number of fused-ring (bicyclic) bond motifs is 4. The summed E-state index contributed by atoms with van der Waals surface area (Å²) in [4.78, 5) is 27.9. The van der Waals surface area contributed by atoms with E-state index in [1.54, 1.807) is 28.5 Å². The van der Waals surface area contributed by atoms with Gasteiger partial charge >= 0.3 is 6.18 Å². The molecule has 9 heteroatoms. The summed E-state index contributed by atoms with van der Waals surface area (Å²) in [6, 6.07) is 11.3. The predicted molar refractivity (Wildman–Crippen MR) is 113 cm³/mol. The van der Waals surface area contributed by atoms with Gasteiger partial charge < -0.3 is 15.0 Å². The molecule has 0 unspecified atom stereocenters. The number of hydrogen-bond donors (Lipinski definition) is 2. The summed E-state index contributed by atoms with van der Waals surface area (Å²) in [6.07, 6.45) is -5.36. The van der Waals surface area contributed by atoms with E-state index in [0.29, 0.717) is 17.8 Å². The van der Waals surface area contributed by atoms with Gasteiger partial charge in [0, 0.05) is 49.5 Å². The first-order valence-corrected chi connectivity index (χ1v) is 10.8. The highest BCUT2D eigenvalue weighted by Crippen LogP contribution is 2.48. The van der Waals surface area contributed by atoms with E-state index in [-0.39, 0.29) is 31.2 Å². The predicted octanol–water partition coefficient (Wildman–Crippen LogP) is 2.57. The zero-order valence-electron chi connectivity index (χ0n) is 17.7. The number of rotatable bonds is 6. The van der Waals surface area contributed by atoms with Gasteiger partial charge in [-0.2, -0.15) is 13.2 Å². The molecule has 2 aliphatic heterocycles. The van der Waals surface area contributed by atoms with Crippen molar-refractivity contribution in [2.75, 3.05) is 19.7 Å². The van der Waals surface area contributed by atoms with Crippen LogP contribution < -0.4 is 10.9 Å². The van der Waals surface area contributed by atoms with Crippen molar-refractivity contribution in [3.05, 3.63) is 58.5 Å². The second kappa shape index (κ2) is 8.71. The molecule has 32 heavy (non-hydrogen) atoms. The van der Waals surface area contributed by atoms with Crippen LogP contribution in [0.15, 0.2) is 47.3 Å². The Balaban J connectivity index is 1.81. The third kappa shape index (κ3) is 3.95. The van der Waals surface area contributed by atoms with Gasteiger partial charge in [0.15, 0.2) is 0 Å². The van der Waals surface area contributed by atoms with Crippen molar-refractivity contribution in [3.63, 3.8) is 0 Å². The minimum Gasteiger partial charge on any atom is -0.396 e. The minimum absolute atomic E-state index is 0.129. The van der Waals surface area contributed by atoms with E-state index in [1.807, 2.05) is 30.3 Å². The fraction of sp³-hybridized carbons (Fsp3) is 0.478. The van der Waals surface area contributed by atoms with E-state index in [1.165, 1.54) is 0 Å². The lowest BCUT2D eigenvalue weighted by Gasteiger charge is -2.38. The van der Waals surface area contributed by atoms with Crippen molar-refractivity contribution >= 4 is 5.91 Å². The maximum atomic E-state index is 13.4. The molecule has 0 radical (unpaired) electrons. The van der Waals surface area contributed by atoms with E-state index in [4.69, 9.17) is 0 Å². The van der Waals surface area contributed by atoms with Crippen LogP contribution in [0.1, 0.15) is 25.1 Å². The summed E-state index contributed by atoms with van der Waals surface area (Å²) in [5, 5.41) is 12.9. The number of aliphatic hydroxyl groups is 1. The summed E-state index contributed by atoms with van der Waals surface area (Å²) in [5.41, 5.74) is 1.51. The van der Waals surface area contributed by atoms with E-state index in [0.717, 1.165) is 5.56 Å². The van der Waals surface area contributed by atoms with Crippen LogP contribution in [-0.4, -0.2) is 52.4 Å². The molecule has 2 aromatic rings. The molecule has 1 saturated heterocycles. The number of halogens is 3. The van der Waals surface area contributed by atoms with Crippen molar-refractivity contribution in [1.82, 2.24) is 14.8 Å². The number of amides is 1. The van der Waals surface area contributed by atoms with E-state index in [9.17, 15) is 27.9 Å². The van der Waals surface area contributed by atoms with Crippen LogP contribution >= 0.6 is 0 Å². The Bertz CT molecular complexity index is 1040. The van der Waals surface area contributed by atoms with Gasteiger partial charge in [0.05, 0.1) is 18.4 Å². The highest BCUT2D eigenvalue weighted by Gasteiger charge is 2.55. The molecule has 0 spiro atoms. The first-order valence-electron chi connectivity index (χ1n) is 10.8. The molecule has 6 nitrogen and oxygen atoms in total. The van der Waals surface area contributed by atoms with Crippen LogP contribution in [0.3, 0.4) is 0 Å². The molecule has 4 rings (SSSR count). The van der Waals surface area contributed by atoms with Crippen molar-refractivity contribution in [3.8, 4) is 11.1 Å². The SMILES string of the molecule is CCNC(=O)[C@@H]1[C@@H](CO)[C@@H]2Cn3c(ccc(-c4ccccc4)c3=O)[C@H]1N2CCC(F)(F)F. The molecule has 3 heterocycles. The Morgan fingerprint density at radius 1 is 1.19 bits per heavy atom. The maximum Gasteiger partial charge on any atom is 0.390 e. The van der Waals surface area contributed by atoms with E-state index < -0.39 is 36.5 Å². The summed E-state index contributed by atoms with van der Waals surface area (Å²) >= 11 is 0. The Morgan fingerprint density at radius 2 is 1.91 bits per heavy atom. The van der Waals surface area contributed by atoms with Crippen LogP contribution in [-0.2, 0) is 11.3 Å². The van der Waals surface area contributed by atoms with Crippen LogP contribution in [0.25, 0.3) is 11.1 Å². The lowest BCUT2D eigenvalue weighted by molar-refractivity contribution is -0.140. The number of hydrogen-bond acceptors (Lipinski definition) is 4. The number of aliphatic hydroxyl groups excluding tert-OH is 1. The number of nitrogens with one attached hydrogen (secondary N) is 1. The number of pyridine rings is 1. The third-order valence-corrected chi connectivity index (χ3v) is 6.56. The molecule has 2 bridgehead atoms. The Kier molecular flexibility index (Phi) is 6.13. The molecule has 172 valence electrons. The van der Waals surface area contributed by atoms with Gasteiger partial charge in [0.2, 0.25) is 5.91 Å². The number of nitrogens with zero attached hydrogens (tertiary/aromatic N) is 2. The Hall–Kier alpha value is -2.65. The van der Waals surface area contributed by atoms with Gasteiger partial charge in [0.25, 0.3) is 5.56 Å². The minimum atomic E-state index is -4.34. The maximum absolute atomic E-state index is 13.4. The molecule has 4 atom stereocenters. The number of carbonyl (C=O) groups excluding carboxylic acids is 1.